The molecule has 1 aromatic rings. The molecule has 0 unspecified atom stereocenters. The number of hydrogen-bond donors (Lipinski definition) is 1. The molecule has 1 heterocycles. The largest absolute Gasteiger partial charge is 0.340 e. The first-order valence-corrected chi connectivity index (χ1v) is 8.96. The van der Waals surface area contributed by atoms with Crippen LogP contribution in [0.1, 0.15) is 42.1 Å². The van der Waals surface area contributed by atoms with Crippen molar-refractivity contribution < 1.29 is 9.59 Å². The molecular formula is C19H29N3O2. The lowest BCUT2D eigenvalue weighted by Gasteiger charge is -2.29. The Morgan fingerprint density at radius 1 is 1.12 bits per heavy atom. The van der Waals surface area contributed by atoms with Crippen molar-refractivity contribution in [3.63, 3.8) is 0 Å². The Hall–Kier alpha value is -1.88. The van der Waals surface area contributed by atoms with E-state index in [1.165, 1.54) is 0 Å². The zero-order chi connectivity index (χ0) is 17.4. The fourth-order valence-corrected chi connectivity index (χ4v) is 2.85. The highest BCUT2D eigenvalue weighted by molar-refractivity contribution is 5.94. The molecule has 0 spiro atoms. The van der Waals surface area contributed by atoms with Crippen molar-refractivity contribution in [2.24, 2.45) is 0 Å². The first-order chi connectivity index (χ1) is 11.6. The molecule has 5 nitrogen and oxygen atoms in total. The summed E-state index contributed by atoms with van der Waals surface area (Å²) in [4.78, 5) is 28.8. The van der Waals surface area contributed by atoms with Crippen LogP contribution in [-0.2, 0) is 4.79 Å². The van der Waals surface area contributed by atoms with E-state index in [4.69, 9.17) is 0 Å². The van der Waals surface area contributed by atoms with Gasteiger partial charge >= 0.3 is 0 Å². The number of benzene rings is 1. The van der Waals surface area contributed by atoms with Crippen LogP contribution >= 0.6 is 0 Å². The van der Waals surface area contributed by atoms with Gasteiger partial charge in [0.05, 0.1) is 0 Å². The Kier molecular flexibility index (Phi) is 7.25. The summed E-state index contributed by atoms with van der Waals surface area (Å²) in [5.74, 6) is 0.172. The van der Waals surface area contributed by atoms with Crippen LogP contribution in [0.25, 0.3) is 0 Å². The van der Waals surface area contributed by atoms with E-state index < -0.39 is 0 Å². The van der Waals surface area contributed by atoms with Gasteiger partial charge in [-0.2, -0.15) is 0 Å². The van der Waals surface area contributed by atoms with Crippen molar-refractivity contribution in [2.75, 3.05) is 39.3 Å². The maximum absolute atomic E-state index is 12.7. The van der Waals surface area contributed by atoms with Gasteiger partial charge in [-0.1, -0.05) is 31.0 Å². The van der Waals surface area contributed by atoms with Gasteiger partial charge in [-0.05, 0) is 25.5 Å². The van der Waals surface area contributed by atoms with Crippen molar-refractivity contribution >= 4 is 11.8 Å². The monoisotopic (exact) mass is 331 g/mol. The number of piperazine rings is 1. The van der Waals surface area contributed by atoms with Crippen molar-refractivity contribution in [3.05, 3.63) is 35.4 Å². The van der Waals surface area contributed by atoms with Crippen molar-refractivity contribution in [3.8, 4) is 0 Å². The summed E-state index contributed by atoms with van der Waals surface area (Å²) < 4.78 is 0. The van der Waals surface area contributed by atoms with Gasteiger partial charge in [0.2, 0.25) is 5.91 Å². The van der Waals surface area contributed by atoms with Gasteiger partial charge in [-0.3, -0.25) is 9.59 Å². The molecule has 0 aromatic heterocycles. The maximum Gasteiger partial charge on any atom is 0.253 e. The lowest BCUT2D eigenvalue weighted by atomic mass is 10.1. The topological polar surface area (TPSA) is 52.7 Å². The Morgan fingerprint density at radius 3 is 2.42 bits per heavy atom. The van der Waals surface area contributed by atoms with Crippen LogP contribution in [0.3, 0.4) is 0 Å². The van der Waals surface area contributed by atoms with Crippen LogP contribution in [-0.4, -0.2) is 60.9 Å². The Balaban J connectivity index is 1.95. The molecule has 1 aliphatic rings. The molecule has 0 radical (unpaired) electrons. The van der Waals surface area contributed by atoms with Gasteiger partial charge in [-0.15, -0.1) is 0 Å². The van der Waals surface area contributed by atoms with E-state index in [1.54, 1.807) is 0 Å². The van der Waals surface area contributed by atoms with Crippen LogP contribution in [0.15, 0.2) is 24.3 Å². The summed E-state index contributed by atoms with van der Waals surface area (Å²) in [6, 6.07) is 7.65. The minimum atomic E-state index is 0.0246. The number of hydrogen-bond acceptors (Lipinski definition) is 3. The van der Waals surface area contributed by atoms with E-state index >= 15 is 0 Å². The molecule has 0 aliphatic carbocycles. The molecule has 24 heavy (non-hydrogen) atoms. The van der Waals surface area contributed by atoms with Crippen LogP contribution < -0.4 is 5.32 Å². The third kappa shape index (κ3) is 5.34. The highest BCUT2D eigenvalue weighted by atomic mass is 16.2. The smallest absolute Gasteiger partial charge is 0.253 e. The third-order valence-corrected chi connectivity index (χ3v) is 4.43. The van der Waals surface area contributed by atoms with E-state index in [-0.39, 0.29) is 11.8 Å². The quantitative estimate of drug-likeness (QED) is 0.832. The average molecular weight is 331 g/mol. The summed E-state index contributed by atoms with van der Waals surface area (Å²) in [7, 11) is 0. The molecule has 0 bridgehead atoms. The summed E-state index contributed by atoms with van der Waals surface area (Å²) in [5.41, 5.74) is 1.84. The van der Waals surface area contributed by atoms with Gasteiger partial charge in [0.25, 0.3) is 5.91 Å². The van der Waals surface area contributed by atoms with E-state index in [2.05, 4.69) is 12.2 Å². The summed E-state index contributed by atoms with van der Waals surface area (Å²) in [5, 5.41) is 3.25. The van der Waals surface area contributed by atoms with Gasteiger partial charge in [0, 0.05) is 51.3 Å². The van der Waals surface area contributed by atoms with Gasteiger partial charge in [-0.25, -0.2) is 0 Å². The first-order valence-electron chi connectivity index (χ1n) is 8.96. The molecule has 2 amide bonds. The number of rotatable bonds is 7. The predicted molar refractivity (Wildman–Crippen MR) is 96.1 cm³/mol. The molecule has 1 aliphatic heterocycles. The van der Waals surface area contributed by atoms with Crippen LogP contribution in [0.2, 0.25) is 0 Å². The number of carbonyl (C=O) groups is 2. The minimum absolute atomic E-state index is 0.0246. The molecule has 1 N–H and O–H groups in total. The molecule has 1 fully saturated rings. The third-order valence-electron chi connectivity index (χ3n) is 4.43. The minimum Gasteiger partial charge on any atom is -0.340 e. The molecule has 2 rings (SSSR count). The molecule has 0 saturated carbocycles. The van der Waals surface area contributed by atoms with Gasteiger partial charge in [0.15, 0.2) is 0 Å². The number of carbonyl (C=O) groups excluding carboxylic acids is 2. The molecule has 0 atom stereocenters. The van der Waals surface area contributed by atoms with E-state index in [0.29, 0.717) is 25.1 Å². The standard InChI is InChI=1S/C19H29N3O2/c1-3-4-12-22(19(24)17-7-5-16(2)6-8-17)13-9-18(23)21-14-10-20-11-15-21/h5-8,20H,3-4,9-15H2,1-2H3. The lowest BCUT2D eigenvalue weighted by molar-refractivity contribution is -0.131. The van der Waals surface area contributed by atoms with Crippen LogP contribution in [0.4, 0.5) is 0 Å². The number of aryl methyl sites for hydroxylation is 1. The normalized spacial score (nSPS) is 14.5. The second kappa shape index (κ2) is 9.42. The zero-order valence-corrected chi connectivity index (χ0v) is 14.9. The van der Waals surface area contributed by atoms with Crippen LogP contribution in [0, 0.1) is 6.92 Å². The Labute approximate surface area is 145 Å². The zero-order valence-electron chi connectivity index (χ0n) is 14.9. The second-order valence-electron chi connectivity index (χ2n) is 6.39. The number of nitrogens with zero attached hydrogens (tertiary/aromatic N) is 2. The van der Waals surface area contributed by atoms with Crippen molar-refractivity contribution in [2.45, 2.75) is 33.1 Å². The first kappa shape index (κ1) is 18.5. The summed E-state index contributed by atoms with van der Waals surface area (Å²) in [6.45, 7) is 8.56. The fourth-order valence-electron chi connectivity index (χ4n) is 2.85. The molecule has 1 aromatic carbocycles. The SMILES string of the molecule is CCCCN(CCC(=O)N1CCNCC1)C(=O)c1ccc(C)cc1. The number of unbranched alkanes of at least 4 members (excludes halogenated alkanes) is 1. The molecule has 5 heteroatoms. The average Bonchev–Trinajstić information content (AvgIpc) is 2.62. The van der Waals surface area contributed by atoms with Crippen molar-refractivity contribution in [1.82, 2.24) is 15.1 Å². The van der Waals surface area contributed by atoms with Crippen LogP contribution in [0.5, 0.6) is 0 Å². The molecule has 1 saturated heterocycles. The molecule has 132 valence electrons. The predicted octanol–water partition coefficient (Wildman–Crippen LogP) is 2.06. The van der Waals surface area contributed by atoms with E-state index in [0.717, 1.165) is 44.6 Å². The van der Waals surface area contributed by atoms with E-state index in [9.17, 15) is 9.59 Å². The van der Waals surface area contributed by atoms with E-state index in [1.807, 2.05) is 41.0 Å². The Bertz CT molecular complexity index is 536. The Morgan fingerprint density at radius 2 is 1.79 bits per heavy atom. The number of amides is 2. The summed E-state index contributed by atoms with van der Waals surface area (Å²) >= 11 is 0. The fraction of sp³-hybridized carbons (Fsp3) is 0.579. The maximum atomic E-state index is 12.7. The molecular weight excluding hydrogens is 302 g/mol. The highest BCUT2D eigenvalue weighted by Crippen LogP contribution is 2.10. The highest BCUT2D eigenvalue weighted by Gasteiger charge is 2.20. The second-order valence-corrected chi connectivity index (χ2v) is 6.39. The van der Waals surface area contributed by atoms with Gasteiger partial charge in [0.1, 0.15) is 0 Å². The summed E-state index contributed by atoms with van der Waals surface area (Å²) in [6.07, 6.45) is 2.39. The van der Waals surface area contributed by atoms with Crippen molar-refractivity contribution in [1.29, 1.82) is 0 Å². The lowest BCUT2D eigenvalue weighted by Crippen LogP contribution is -2.47. The number of nitrogens with one attached hydrogen (secondary N) is 1. The van der Waals surface area contributed by atoms with Gasteiger partial charge < -0.3 is 15.1 Å².